The molecule has 0 unspecified atom stereocenters. The lowest BCUT2D eigenvalue weighted by Crippen LogP contribution is -2.16. The molecular formula is C18H15Cl3N2S. The summed E-state index contributed by atoms with van der Waals surface area (Å²) in [6.07, 6.45) is 2.78. The van der Waals surface area contributed by atoms with Crippen LogP contribution in [0.1, 0.15) is 10.6 Å². The molecular weight excluding hydrogens is 383 g/mol. The molecule has 0 aliphatic carbocycles. The molecule has 0 bridgehead atoms. The Morgan fingerprint density at radius 1 is 0.958 bits per heavy atom. The second-order valence-corrected chi connectivity index (χ2v) is 7.63. The van der Waals surface area contributed by atoms with Gasteiger partial charge in [-0.2, -0.15) is 0 Å². The Morgan fingerprint density at radius 2 is 1.67 bits per heavy atom. The number of halogens is 3. The van der Waals surface area contributed by atoms with Crippen molar-refractivity contribution in [1.82, 2.24) is 10.3 Å². The second kappa shape index (κ2) is 8.32. The minimum atomic E-state index is 0.647. The maximum absolute atomic E-state index is 6.25. The standard InChI is InChI=1S/C18H15Cl3N2S/c19-13-6-4-12(5-7-13)8-9-22-11-17-23-10-16(24-17)18-14(20)2-1-3-15(18)21/h1-7,10,22H,8-9,11H2. The molecule has 3 aromatic rings. The van der Waals surface area contributed by atoms with Crippen molar-refractivity contribution in [2.45, 2.75) is 13.0 Å². The van der Waals surface area contributed by atoms with Gasteiger partial charge in [-0.25, -0.2) is 4.98 Å². The highest BCUT2D eigenvalue weighted by Crippen LogP contribution is 2.37. The molecule has 0 atom stereocenters. The summed E-state index contributed by atoms with van der Waals surface area (Å²) < 4.78 is 0. The van der Waals surface area contributed by atoms with Crippen molar-refractivity contribution in [2.24, 2.45) is 0 Å². The van der Waals surface area contributed by atoms with Crippen LogP contribution in [0.4, 0.5) is 0 Å². The van der Waals surface area contributed by atoms with E-state index in [1.807, 2.05) is 48.7 Å². The highest BCUT2D eigenvalue weighted by atomic mass is 35.5. The van der Waals surface area contributed by atoms with E-state index in [0.717, 1.165) is 40.0 Å². The van der Waals surface area contributed by atoms with Crippen LogP contribution in [0, 0.1) is 0 Å². The predicted octanol–water partition coefficient (Wildman–Crippen LogP) is 6.10. The van der Waals surface area contributed by atoms with Gasteiger partial charge in [0.1, 0.15) is 5.01 Å². The molecule has 1 N–H and O–H groups in total. The lowest BCUT2D eigenvalue weighted by Gasteiger charge is -2.04. The Morgan fingerprint density at radius 3 is 2.38 bits per heavy atom. The topological polar surface area (TPSA) is 24.9 Å². The fourth-order valence-electron chi connectivity index (χ4n) is 2.32. The van der Waals surface area contributed by atoms with Crippen LogP contribution in [-0.4, -0.2) is 11.5 Å². The molecule has 6 heteroatoms. The first-order valence-corrected chi connectivity index (χ1v) is 9.43. The van der Waals surface area contributed by atoms with Crippen molar-refractivity contribution in [1.29, 1.82) is 0 Å². The van der Waals surface area contributed by atoms with E-state index >= 15 is 0 Å². The van der Waals surface area contributed by atoms with E-state index in [9.17, 15) is 0 Å². The highest BCUT2D eigenvalue weighted by Gasteiger charge is 2.11. The van der Waals surface area contributed by atoms with Gasteiger partial charge in [-0.05, 0) is 42.8 Å². The van der Waals surface area contributed by atoms with Crippen molar-refractivity contribution in [3.05, 3.63) is 74.3 Å². The van der Waals surface area contributed by atoms with Crippen LogP contribution in [0.5, 0.6) is 0 Å². The van der Waals surface area contributed by atoms with Crippen molar-refractivity contribution >= 4 is 46.1 Å². The molecule has 3 rings (SSSR count). The highest BCUT2D eigenvalue weighted by molar-refractivity contribution is 7.15. The largest absolute Gasteiger partial charge is 0.310 e. The van der Waals surface area contributed by atoms with Gasteiger partial charge in [0.2, 0.25) is 0 Å². The summed E-state index contributed by atoms with van der Waals surface area (Å²) >= 11 is 20.0. The van der Waals surface area contributed by atoms with E-state index in [1.165, 1.54) is 5.56 Å². The van der Waals surface area contributed by atoms with Gasteiger partial charge in [0.05, 0.1) is 14.9 Å². The zero-order chi connectivity index (χ0) is 16.9. The van der Waals surface area contributed by atoms with Crippen LogP contribution in [0.25, 0.3) is 10.4 Å². The number of nitrogens with one attached hydrogen (secondary N) is 1. The van der Waals surface area contributed by atoms with Crippen LogP contribution in [0.2, 0.25) is 15.1 Å². The molecule has 0 spiro atoms. The van der Waals surface area contributed by atoms with Gasteiger partial charge in [-0.1, -0.05) is 53.0 Å². The Hall–Kier alpha value is -1.10. The summed E-state index contributed by atoms with van der Waals surface area (Å²) in [5, 5.41) is 6.48. The first-order valence-electron chi connectivity index (χ1n) is 7.48. The third-order valence-electron chi connectivity index (χ3n) is 3.54. The first kappa shape index (κ1) is 17.7. The third kappa shape index (κ3) is 4.50. The van der Waals surface area contributed by atoms with Crippen molar-refractivity contribution in [3.63, 3.8) is 0 Å². The molecule has 2 aromatic carbocycles. The number of aromatic nitrogens is 1. The number of hydrogen-bond acceptors (Lipinski definition) is 3. The van der Waals surface area contributed by atoms with Crippen LogP contribution in [-0.2, 0) is 13.0 Å². The summed E-state index contributed by atoms with van der Waals surface area (Å²) in [6, 6.07) is 13.4. The monoisotopic (exact) mass is 396 g/mol. The fraction of sp³-hybridized carbons (Fsp3) is 0.167. The summed E-state index contributed by atoms with van der Waals surface area (Å²) in [5.74, 6) is 0. The molecule has 24 heavy (non-hydrogen) atoms. The van der Waals surface area contributed by atoms with Crippen molar-refractivity contribution in [3.8, 4) is 10.4 Å². The Balaban J connectivity index is 1.56. The lowest BCUT2D eigenvalue weighted by molar-refractivity contribution is 0.684. The van der Waals surface area contributed by atoms with Crippen LogP contribution in [0.3, 0.4) is 0 Å². The SMILES string of the molecule is Clc1ccc(CCNCc2ncc(-c3c(Cl)cccc3Cl)s2)cc1. The van der Waals surface area contributed by atoms with E-state index < -0.39 is 0 Å². The first-order chi connectivity index (χ1) is 11.6. The van der Waals surface area contributed by atoms with E-state index in [4.69, 9.17) is 34.8 Å². The molecule has 0 fully saturated rings. The van der Waals surface area contributed by atoms with Gasteiger partial charge in [0, 0.05) is 23.3 Å². The summed E-state index contributed by atoms with van der Waals surface area (Å²) in [4.78, 5) is 5.44. The molecule has 0 saturated carbocycles. The lowest BCUT2D eigenvalue weighted by atomic mass is 10.1. The van der Waals surface area contributed by atoms with Crippen LogP contribution < -0.4 is 5.32 Å². The normalized spacial score (nSPS) is 11.0. The average Bonchev–Trinajstić information content (AvgIpc) is 3.02. The molecule has 124 valence electrons. The van der Waals surface area contributed by atoms with Gasteiger partial charge >= 0.3 is 0 Å². The summed E-state index contributed by atoms with van der Waals surface area (Å²) in [7, 11) is 0. The molecule has 2 nitrogen and oxygen atoms in total. The second-order valence-electron chi connectivity index (χ2n) is 5.27. The Kier molecular flexibility index (Phi) is 6.14. The minimum absolute atomic E-state index is 0.647. The maximum Gasteiger partial charge on any atom is 0.107 e. The molecule has 1 aromatic heterocycles. The zero-order valence-electron chi connectivity index (χ0n) is 12.7. The number of thiazole rings is 1. The smallest absolute Gasteiger partial charge is 0.107 e. The Bertz CT molecular complexity index is 795. The van der Waals surface area contributed by atoms with Gasteiger partial charge in [0.25, 0.3) is 0 Å². The predicted molar refractivity (Wildman–Crippen MR) is 104 cm³/mol. The molecule has 1 heterocycles. The van der Waals surface area contributed by atoms with Crippen molar-refractivity contribution in [2.75, 3.05) is 6.54 Å². The Labute approximate surface area is 160 Å². The van der Waals surface area contributed by atoms with Crippen molar-refractivity contribution < 1.29 is 0 Å². The van der Waals surface area contributed by atoms with E-state index in [1.54, 1.807) is 11.3 Å². The zero-order valence-corrected chi connectivity index (χ0v) is 15.8. The number of hydrogen-bond donors (Lipinski definition) is 1. The maximum atomic E-state index is 6.25. The molecule has 0 aliphatic rings. The van der Waals surface area contributed by atoms with Gasteiger partial charge in [0.15, 0.2) is 0 Å². The fourth-order valence-corrected chi connectivity index (χ4v) is 4.12. The van der Waals surface area contributed by atoms with Gasteiger partial charge in [-0.15, -0.1) is 11.3 Å². The minimum Gasteiger partial charge on any atom is -0.310 e. The number of nitrogens with zero attached hydrogens (tertiary/aromatic N) is 1. The van der Waals surface area contributed by atoms with Gasteiger partial charge in [-0.3, -0.25) is 0 Å². The molecule has 0 aliphatic heterocycles. The van der Waals surface area contributed by atoms with Crippen LogP contribution >= 0.6 is 46.1 Å². The van der Waals surface area contributed by atoms with E-state index in [-0.39, 0.29) is 0 Å². The van der Waals surface area contributed by atoms with Gasteiger partial charge < -0.3 is 5.32 Å². The van der Waals surface area contributed by atoms with Crippen LogP contribution in [0.15, 0.2) is 48.7 Å². The molecule has 0 radical (unpaired) electrons. The number of benzene rings is 2. The molecule has 0 amide bonds. The average molecular weight is 398 g/mol. The third-order valence-corrected chi connectivity index (χ3v) is 5.44. The van der Waals surface area contributed by atoms with E-state index in [0.29, 0.717) is 10.0 Å². The summed E-state index contributed by atoms with van der Waals surface area (Å²) in [5.41, 5.74) is 2.11. The number of rotatable bonds is 6. The molecule has 0 saturated heterocycles. The quantitative estimate of drug-likeness (QED) is 0.508. The van der Waals surface area contributed by atoms with E-state index in [2.05, 4.69) is 10.3 Å². The summed E-state index contributed by atoms with van der Waals surface area (Å²) in [6.45, 7) is 1.60.